The van der Waals surface area contributed by atoms with Gasteiger partial charge in [-0.05, 0) is 62.6 Å². The third-order valence-corrected chi connectivity index (χ3v) is 5.22. The standard InChI is InChI=1S/C23H14O3/c1-24-23-12-16-9-20-14(11-22(16)26-23)3-5-17-18(20)4-2-13-10-21-15(6-7-25-21)8-19(13)17/h2-12H,1H3. The molecule has 0 saturated heterocycles. The molecule has 0 unspecified atom stereocenters. The van der Waals surface area contributed by atoms with Gasteiger partial charge in [-0.2, -0.15) is 0 Å². The van der Waals surface area contributed by atoms with Crippen LogP contribution in [-0.4, -0.2) is 7.11 Å². The third-order valence-electron chi connectivity index (χ3n) is 5.22. The Morgan fingerprint density at radius 3 is 2.04 bits per heavy atom. The molecule has 0 amide bonds. The van der Waals surface area contributed by atoms with Crippen molar-refractivity contribution >= 4 is 54.3 Å². The van der Waals surface area contributed by atoms with Gasteiger partial charge in [0.25, 0.3) is 5.95 Å². The maximum Gasteiger partial charge on any atom is 0.285 e. The summed E-state index contributed by atoms with van der Waals surface area (Å²) in [7, 11) is 1.62. The lowest BCUT2D eigenvalue weighted by atomic mass is 9.96. The fraction of sp³-hybridized carbons (Fsp3) is 0.0435. The molecule has 124 valence electrons. The van der Waals surface area contributed by atoms with Crippen LogP contribution in [0.15, 0.2) is 75.8 Å². The molecule has 2 heterocycles. The molecule has 0 radical (unpaired) electrons. The molecule has 0 N–H and O–H groups in total. The van der Waals surface area contributed by atoms with Gasteiger partial charge in [0.1, 0.15) is 11.2 Å². The minimum atomic E-state index is 0.535. The first-order valence-corrected chi connectivity index (χ1v) is 8.54. The average Bonchev–Trinajstić information content (AvgIpc) is 3.29. The maximum absolute atomic E-state index is 5.71. The summed E-state index contributed by atoms with van der Waals surface area (Å²) in [5.41, 5.74) is 1.76. The van der Waals surface area contributed by atoms with Crippen molar-refractivity contribution in [2.75, 3.05) is 7.11 Å². The molecule has 0 aliphatic carbocycles. The van der Waals surface area contributed by atoms with Crippen LogP contribution in [0.5, 0.6) is 5.95 Å². The quantitative estimate of drug-likeness (QED) is 0.315. The molecule has 26 heavy (non-hydrogen) atoms. The van der Waals surface area contributed by atoms with Gasteiger partial charge >= 0.3 is 0 Å². The van der Waals surface area contributed by atoms with E-state index in [0.29, 0.717) is 5.95 Å². The van der Waals surface area contributed by atoms with Gasteiger partial charge in [-0.1, -0.05) is 24.3 Å². The molecule has 0 aliphatic heterocycles. The highest BCUT2D eigenvalue weighted by molar-refractivity contribution is 6.20. The van der Waals surface area contributed by atoms with E-state index in [4.69, 9.17) is 13.6 Å². The van der Waals surface area contributed by atoms with E-state index in [1.807, 2.05) is 12.1 Å². The van der Waals surface area contributed by atoms with Crippen molar-refractivity contribution in [3.05, 3.63) is 66.9 Å². The summed E-state index contributed by atoms with van der Waals surface area (Å²) in [4.78, 5) is 0. The zero-order valence-electron chi connectivity index (χ0n) is 14.1. The Bertz CT molecular complexity index is 1470. The van der Waals surface area contributed by atoms with Gasteiger partial charge in [-0.3, -0.25) is 0 Å². The van der Waals surface area contributed by atoms with Crippen molar-refractivity contribution in [3.8, 4) is 5.95 Å². The number of furan rings is 2. The SMILES string of the molecule is COc1cc2cc3c(ccc4c5cc6ccoc6cc5ccc34)cc2o1. The number of hydrogen-bond donors (Lipinski definition) is 0. The third kappa shape index (κ3) is 1.77. The van der Waals surface area contributed by atoms with Crippen molar-refractivity contribution in [2.45, 2.75) is 0 Å². The Balaban J connectivity index is 1.77. The normalized spacial score (nSPS) is 12.0. The van der Waals surface area contributed by atoms with E-state index in [1.165, 1.54) is 26.9 Å². The van der Waals surface area contributed by atoms with Crippen molar-refractivity contribution in [1.29, 1.82) is 0 Å². The fourth-order valence-corrected chi connectivity index (χ4v) is 3.94. The Kier molecular flexibility index (Phi) is 2.54. The number of hydrogen-bond acceptors (Lipinski definition) is 3. The second-order valence-electron chi connectivity index (χ2n) is 6.64. The molecule has 6 rings (SSSR count). The van der Waals surface area contributed by atoms with Gasteiger partial charge in [0.2, 0.25) is 0 Å². The molecular formula is C23H14O3. The second-order valence-corrected chi connectivity index (χ2v) is 6.64. The minimum Gasteiger partial charge on any atom is -0.468 e. The molecule has 0 spiro atoms. The van der Waals surface area contributed by atoms with Crippen molar-refractivity contribution in [1.82, 2.24) is 0 Å². The summed E-state index contributed by atoms with van der Waals surface area (Å²) in [6, 6.07) is 21.2. The van der Waals surface area contributed by atoms with Crippen LogP contribution in [0, 0.1) is 0 Å². The van der Waals surface area contributed by atoms with E-state index in [2.05, 4.69) is 48.5 Å². The van der Waals surface area contributed by atoms with Gasteiger partial charge in [0.15, 0.2) is 0 Å². The Morgan fingerprint density at radius 1 is 0.615 bits per heavy atom. The largest absolute Gasteiger partial charge is 0.468 e. The lowest BCUT2D eigenvalue weighted by molar-refractivity contribution is 0.316. The molecule has 3 nitrogen and oxygen atoms in total. The number of methoxy groups -OCH3 is 1. The van der Waals surface area contributed by atoms with Crippen molar-refractivity contribution in [3.63, 3.8) is 0 Å². The van der Waals surface area contributed by atoms with Gasteiger partial charge in [-0.15, -0.1) is 0 Å². The van der Waals surface area contributed by atoms with Crippen molar-refractivity contribution < 1.29 is 13.6 Å². The van der Waals surface area contributed by atoms with Crippen LogP contribution in [0.3, 0.4) is 0 Å². The van der Waals surface area contributed by atoms with Crippen LogP contribution in [-0.2, 0) is 0 Å². The van der Waals surface area contributed by atoms with Gasteiger partial charge < -0.3 is 13.6 Å². The first-order chi connectivity index (χ1) is 12.8. The Labute approximate surface area is 148 Å². The van der Waals surface area contributed by atoms with Crippen LogP contribution >= 0.6 is 0 Å². The molecule has 0 atom stereocenters. The van der Waals surface area contributed by atoms with Crippen LogP contribution in [0.1, 0.15) is 0 Å². The predicted molar refractivity (Wildman–Crippen MR) is 105 cm³/mol. The van der Waals surface area contributed by atoms with E-state index < -0.39 is 0 Å². The van der Waals surface area contributed by atoms with Crippen LogP contribution < -0.4 is 4.74 Å². The highest BCUT2D eigenvalue weighted by atomic mass is 16.6. The molecule has 0 bridgehead atoms. The highest BCUT2D eigenvalue weighted by Gasteiger charge is 2.10. The highest BCUT2D eigenvalue weighted by Crippen LogP contribution is 2.36. The topological polar surface area (TPSA) is 35.5 Å². The number of ether oxygens (including phenoxy) is 1. The maximum atomic E-state index is 5.71. The minimum absolute atomic E-state index is 0.535. The van der Waals surface area contributed by atoms with E-state index in [0.717, 1.165) is 27.3 Å². The van der Waals surface area contributed by atoms with Crippen LogP contribution in [0.2, 0.25) is 0 Å². The molecule has 0 aliphatic rings. The zero-order valence-corrected chi connectivity index (χ0v) is 14.1. The second kappa shape index (κ2) is 4.79. The van der Waals surface area contributed by atoms with E-state index in [1.54, 1.807) is 13.4 Å². The predicted octanol–water partition coefficient (Wildman–Crippen LogP) is 6.65. The molecule has 0 fully saturated rings. The molecular weight excluding hydrogens is 324 g/mol. The summed E-state index contributed by atoms with van der Waals surface area (Å²) >= 11 is 0. The number of fused-ring (bicyclic) bond motifs is 7. The van der Waals surface area contributed by atoms with Gasteiger partial charge in [-0.25, -0.2) is 0 Å². The number of rotatable bonds is 1. The summed E-state index contributed by atoms with van der Waals surface area (Å²) in [5.74, 6) is 0.535. The van der Waals surface area contributed by atoms with Crippen LogP contribution in [0.4, 0.5) is 0 Å². The van der Waals surface area contributed by atoms with Crippen LogP contribution in [0.25, 0.3) is 54.3 Å². The van der Waals surface area contributed by atoms with Gasteiger partial charge in [0, 0.05) is 16.8 Å². The number of benzene rings is 4. The molecule has 4 aromatic carbocycles. The van der Waals surface area contributed by atoms with Crippen molar-refractivity contribution in [2.24, 2.45) is 0 Å². The van der Waals surface area contributed by atoms with E-state index >= 15 is 0 Å². The lowest BCUT2D eigenvalue weighted by Crippen LogP contribution is -1.81. The Hall–Kier alpha value is -3.46. The Morgan fingerprint density at radius 2 is 1.31 bits per heavy atom. The molecule has 2 aromatic heterocycles. The summed E-state index contributed by atoms with van der Waals surface area (Å²) in [6.07, 6.45) is 1.74. The summed E-state index contributed by atoms with van der Waals surface area (Å²) in [6.45, 7) is 0. The van der Waals surface area contributed by atoms with E-state index in [-0.39, 0.29) is 0 Å². The monoisotopic (exact) mass is 338 g/mol. The zero-order chi connectivity index (χ0) is 17.3. The smallest absolute Gasteiger partial charge is 0.285 e. The lowest BCUT2D eigenvalue weighted by Gasteiger charge is -2.08. The average molecular weight is 338 g/mol. The molecule has 0 saturated carbocycles. The summed E-state index contributed by atoms with van der Waals surface area (Å²) < 4.78 is 16.5. The first kappa shape index (κ1) is 13.8. The molecule has 3 heteroatoms. The molecule has 6 aromatic rings. The first-order valence-electron chi connectivity index (χ1n) is 8.54. The fourth-order valence-electron chi connectivity index (χ4n) is 3.94. The van der Waals surface area contributed by atoms with E-state index in [9.17, 15) is 0 Å². The summed E-state index contributed by atoms with van der Waals surface area (Å²) in [5, 5.41) is 9.45. The van der Waals surface area contributed by atoms with Gasteiger partial charge in [0.05, 0.1) is 13.4 Å².